The van der Waals surface area contributed by atoms with Gasteiger partial charge >= 0.3 is 12.1 Å². The molecule has 11 heteroatoms. The number of aromatic amines is 1. The maximum Gasteiger partial charge on any atom is 0.407 e. The van der Waals surface area contributed by atoms with Crippen LogP contribution in [0.1, 0.15) is 16.8 Å². The Morgan fingerprint density at radius 1 is 1.32 bits per heavy atom. The molecule has 0 bridgehead atoms. The predicted molar refractivity (Wildman–Crippen MR) is 109 cm³/mol. The minimum Gasteiger partial charge on any atom is -0.465 e. The van der Waals surface area contributed by atoms with Crippen molar-refractivity contribution in [2.24, 2.45) is 0 Å². The van der Waals surface area contributed by atoms with E-state index in [1.165, 1.54) is 18.2 Å². The number of nitrogens with one attached hydrogen (secondary N) is 2. The fraction of sp³-hybridized carbons (Fsp3) is 0.250. The number of esters is 1. The quantitative estimate of drug-likeness (QED) is 0.527. The normalized spacial score (nSPS) is 14.5. The number of rotatable bonds is 5. The highest BCUT2D eigenvalue weighted by Crippen LogP contribution is 2.36. The highest BCUT2D eigenvalue weighted by Gasteiger charge is 2.49. The second-order valence-corrected chi connectivity index (χ2v) is 7.22. The minimum absolute atomic E-state index is 0.0353. The Bertz CT molecular complexity index is 1260. The SMILES string of the molecule is COC(=O)c1ccc(Nc2nn(C3(CC#N)CN(C(=O)O)C3)c3cc[nH]c(=O)c23)cc1. The van der Waals surface area contributed by atoms with Crippen LogP contribution in [0.5, 0.6) is 0 Å². The Hall–Kier alpha value is -4.33. The molecular weight excluding hydrogens is 404 g/mol. The molecule has 1 aliphatic heterocycles. The molecule has 2 aromatic heterocycles. The number of amides is 1. The number of nitrogens with zero attached hydrogens (tertiary/aromatic N) is 4. The van der Waals surface area contributed by atoms with E-state index < -0.39 is 17.6 Å². The molecule has 1 aliphatic rings. The number of carbonyl (C=O) groups excluding carboxylic acids is 1. The molecule has 1 amide bonds. The summed E-state index contributed by atoms with van der Waals surface area (Å²) in [6.07, 6.45) is 0.436. The molecule has 0 spiro atoms. The molecule has 11 nitrogen and oxygen atoms in total. The molecule has 0 atom stereocenters. The van der Waals surface area contributed by atoms with E-state index in [2.05, 4.69) is 26.2 Å². The maximum absolute atomic E-state index is 12.6. The lowest BCUT2D eigenvalue weighted by molar-refractivity contribution is 0.0169. The van der Waals surface area contributed by atoms with Crippen LogP contribution >= 0.6 is 0 Å². The number of carbonyl (C=O) groups is 2. The molecule has 0 aliphatic carbocycles. The van der Waals surface area contributed by atoms with Gasteiger partial charge in [0.15, 0.2) is 5.82 Å². The Balaban J connectivity index is 1.76. The van der Waals surface area contributed by atoms with Crippen LogP contribution in [0.2, 0.25) is 0 Å². The zero-order valence-corrected chi connectivity index (χ0v) is 16.5. The van der Waals surface area contributed by atoms with E-state index in [0.29, 0.717) is 16.8 Å². The van der Waals surface area contributed by atoms with Crippen LogP contribution < -0.4 is 10.9 Å². The number of anilines is 2. The van der Waals surface area contributed by atoms with E-state index in [9.17, 15) is 24.8 Å². The number of methoxy groups -OCH3 is 1. The summed E-state index contributed by atoms with van der Waals surface area (Å²) < 4.78 is 6.24. The van der Waals surface area contributed by atoms with Gasteiger partial charge in [-0.2, -0.15) is 10.4 Å². The second kappa shape index (κ2) is 7.49. The summed E-state index contributed by atoms with van der Waals surface area (Å²) in [4.78, 5) is 39.3. The Kier molecular flexibility index (Phi) is 4.82. The van der Waals surface area contributed by atoms with E-state index >= 15 is 0 Å². The van der Waals surface area contributed by atoms with Crippen LogP contribution in [0.4, 0.5) is 16.3 Å². The zero-order valence-electron chi connectivity index (χ0n) is 16.5. The molecule has 0 radical (unpaired) electrons. The van der Waals surface area contributed by atoms with Crippen molar-refractivity contribution < 1.29 is 19.4 Å². The van der Waals surface area contributed by atoms with Gasteiger partial charge in [-0.3, -0.25) is 9.48 Å². The van der Waals surface area contributed by atoms with Crippen molar-refractivity contribution in [1.82, 2.24) is 19.7 Å². The summed E-state index contributed by atoms with van der Waals surface area (Å²) >= 11 is 0. The van der Waals surface area contributed by atoms with Crippen molar-refractivity contribution in [3.8, 4) is 6.07 Å². The monoisotopic (exact) mass is 422 g/mol. The number of pyridine rings is 1. The average molecular weight is 422 g/mol. The first-order valence-electron chi connectivity index (χ1n) is 9.30. The summed E-state index contributed by atoms with van der Waals surface area (Å²) in [5.41, 5.74) is 0.195. The first-order valence-corrected chi connectivity index (χ1v) is 9.30. The van der Waals surface area contributed by atoms with Crippen molar-refractivity contribution in [3.63, 3.8) is 0 Å². The zero-order chi connectivity index (χ0) is 22.2. The highest BCUT2D eigenvalue weighted by atomic mass is 16.5. The number of fused-ring (bicyclic) bond motifs is 1. The van der Waals surface area contributed by atoms with Crippen LogP contribution in [0, 0.1) is 11.3 Å². The van der Waals surface area contributed by atoms with Crippen LogP contribution in [-0.2, 0) is 10.3 Å². The molecule has 1 aromatic carbocycles. The molecule has 3 heterocycles. The number of benzene rings is 1. The van der Waals surface area contributed by atoms with E-state index in [4.69, 9.17) is 0 Å². The molecule has 1 fully saturated rings. The summed E-state index contributed by atoms with van der Waals surface area (Å²) in [7, 11) is 1.29. The van der Waals surface area contributed by atoms with Gasteiger partial charge in [0, 0.05) is 11.9 Å². The van der Waals surface area contributed by atoms with Gasteiger partial charge in [-0.05, 0) is 30.3 Å². The van der Waals surface area contributed by atoms with Crippen molar-refractivity contribution in [3.05, 3.63) is 52.4 Å². The van der Waals surface area contributed by atoms with Gasteiger partial charge in [-0.25, -0.2) is 9.59 Å². The topological polar surface area (TPSA) is 153 Å². The van der Waals surface area contributed by atoms with E-state index in [-0.39, 0.29) is 36.3 Å². The predicted octanol–water partition coefficient (Wildman–Crippen LogP) is 1.86. The first kappa shape index (κ1) is 20.0. The summed E-state index contributed by atoms with van der Waals surface area (Å²) in [6, 6.07) is 10.2. The lowest BCUT2D eigenvalue weighted by Crippen LogP contribution is -2.64. The number of ether oxygens (including phenoxy) is 1. The van der Waals surface area contributed by atoms with Crippen molar-refractivity contribution in [2.45, 2.75) is 12.0 Å². The summed E-state index contributed by atoms with van der Waals surface area (Å²) in [5.74, 6) is -0.210. The van der Waals surface area contributed by atoms with Gasteiger partial charge in [0.2, 0.25) is 0 Å². The lowest BCUT2D eigenvalue weighted by Gasteiger charge is -2.47. The molecule has 4 rings (SSSR count). The standard InChI is InChI=1S/C20H18N6O5/c1-31-18(28)12-2-4-13(5-3-12)23-16-15-14(6-9-22-17(15)27)26(24-16)20(7-8-21)10-25(11-20)19(29)30/h2-6,9H,7,10-11H2,1H3,(H,22,27)(H,23,24)(H,29,30). The van der Waals surface area contributed by atoms with Gasteiger partial charge in [-0.15, -0.1) is 0 Å². The lowest BCUT2D eigenvalue weighted by atomic mass is 9.87. The molecule has 31 heavy (non-hydrogen) atoms. The number of H-pyrrole nitrogens is 1. The van der Waals surface area contributed by atoms with Crippen molar-refractivity contribution >= 4 is 34.5 Å². The Morgan fingerprint density at radius 3 is 2.65 bits per heavy atom. The Labute approximate surface area is 175 Å². The number of aromatic nitrogens is 3. The van der Waals surface area contributed by atoms with Crippen LogP contribution in [0.25, 0.3) is 10.9 Å². The number of hydrogen-bond acceptors (Lipinski definition) is 7. The first-order chi connectivity index (χ1) is 14.9. The van der Waals surface area contributed by atoms with Gasteiger partial charge in [0.25, 0.3) is 5.56 Å². The van der Waals surface area contributed by atoms with Crippen LogP contribution in [0.3, 0.4) is 0 Å². The van der Waals surface area contributed by atoms with Gasteiger partial charge in [0.1, 0.15) is 10.9 Å². The molecule has 3 N–H and O–H groups in total. The molecule has 0 unspecified atom stereocenters. The number of likely N-dealkylation sites (tertiary alicyclic amines) is 1. The van der Waals surface area contributed by atoms with E-state index in [1.807, 2.05) is 0 Å². The van der Waals surface area contributed by atoms with Crippen molar-refractivity contribution in [1.29, 1.82) is 5.26 Å². The third-order valence-electron chi connectivity index (χ3n) is 5.27. The molecule has 158 valence electrons. The van der Waals surface area contributed by atoms with Gasteiger partial charge in [-0.1, -0.05) is 0 Å². The van der Waals surface area contributed by atoms with Crippen LogP contribution in [0.15, 0.2) is 41.3 Å². The van der Waals surface area contributed by atoms with Gasteiger partial charge < -0.3 is 25.0 Å². The fourth-order valence-electron chi connectivity index (χ4n) is 3.74. The number of nitriles is 1. The molecule has 1 saturated heterocycles. The number of carboxylic acid groups (broad SMARTS) is 1. The largest absolute Gasteiger partial charge is 0.465 e. The highest BCUT2D eigenvalue weighted by molar-refractivity contribution is 5.92. The average Bonchev–Trinajstić information content (AvgIpc) is 3.10. The molecule has 3 aromatic rings. The van der Waals surface area contributed by atoms with Crippen LogP contribution in [-0.4, -0.2) is 57.0 Å². The maximum atomic E-state index is 12.6. The third-order valence-corrected chi connectivity index (χ3v) is 5.27. The van der Waals surface area contributed by atoms with Gasteiger partial charge in [0.05, 0.1) is 43.8 Å². The number of hydrogen-bond donors (Lipinski definition) is 3. The second-order valence-electron chi connectivity index (χ2n) is 7.22. The van der Waals surface area contributed by atoms with E-state index in [0.717, 1.165) is 0 Å². The fourth-order valence-corrected chi connectivity index (χ4v) is 3.74. The summed E-state index contributed by atoms with van der Waals surface area (Å²) in [5, 5.41) is 26.5. The molecular formula is C20H18N6O5. The third kappa shape index (κ3) is 3.33. The smallest absolute Gasteiger partial charge is 0.407 e. The molecule has 0 saturated carbocycles. The Morgan fingerprint density at radius 2 is 2.03 bits per heavy atom. The van der Waals surface area contributed by atoms with Crippen molar-refractivity contribution in [2.75, 3.05) is 25.5 Å². The van der Waals surface area contributed by atoms with E-state index in [1.54, 1.807) is 35.0 Å². The summed E-state index contributed by atoms with van der Waals surface area (Å²) in [6.45, 7) is 0.180. The minimum atomic E-state index is -1.08.